The maximum atomic E-state index is 13.8. The van der Waals surface area contributed by atoms with Crippen LogP contribution in [0.1, 0.15) is 24.8 Å². The third-order valence-electron chi connectivity index (χ3n) is 3.71. The molecular formula is C15H15F5O4. The van der Waals surface area contributed by atoms with Crippen LogP contribution in [0.5, 0.6) is 5.75 Å². The van der Waals surface area contributed by atoms with Gasteiger partial charge in [-0.05, 0) is 19.4 Å². The minimum Gasteiger partial charge on any atom is -0.493 e. The molecular weight excluding hydrogens is 339 g/mol. The van der Waals surface area contributed by atoms with Gasteiger partial charge in [0.15, 0.2) is 23.8 Å². The molecule has 1 aliphatic rings. The Morgan fingerprint density at radius 2 is 2.00 bits per heavy atom. The van der Waals surface area contributed by atoms with Crippen molar-refractivity contribution in [3.63, 3.8) is 0 Å². The van der Waals surface area contributed by atoms with E-state index in [1.165, 1.54) is 6.92 Å². The number of hydrogen-bond acceptors (Lipinski definition) is 4. The zero-order chi connectivity index (χ0) is 18.1. The highest BCUT2D eigenvalue weighted by atomic mass is 19.4. The fourth-order valence-corrected chi connectivity index (χ4v) is 2.67. The van der Waals surface area contributed by atoms with Gasteiger partial charge in [-0.2, -0.15) is 17.6 Å². The van der Waals surface area contributed by atoms with Crippen molar-refractivity contribution >= 4 is 5.97 Å². The molecule has 0 radical (unpaired) electrons. The molecule has 1 heterocycles. The molecule has 4 nitrogen and oxygen atoms in total. The third kappa shape index (κ3) is 3.45. The number of benzene rings is 1. The average Bonchev–Trinajstić information content (AvgIpc) is 2.95. The number of esters is 1. The van der Waals surface area contributed by atoms with Gasteiger partial charge in [0, 0.05) is 11.5 Å². The molecule has 24 heavy (non-hydrogen) atoms. The molecule has 1 aromatic carbocycles. The summed E-state index contributed by atoms with van der Waals surface area (Å²) in [6.45, 7) is 1.43. The van der Waals surface area contributed by atoms with Crippen molar-refractivity contribution in [3.05, 3.63) is 29.3 Å². The Morgan fingerprint density at radius 1 is 1.33 bits per heavy atom. The molecule has 0 saturated carbocycles. The first-order valence-corrected chi connectivity index (χ1v) is 7.11. The maximum Gasteiger partial charge on any atom is 0.414 e. The van der Waals surface area contributed by atoms with E-state index >= 15 is 0 Å². The molecule has 0 spiro atoms. The standard InChI is InChI=1S/C15H15F5O4/c1-3-23-14(21)13-8(6-10(24-13)15(18,19)20)7-4-5-9(16)11(17)12(7)22-2/h4-5,8,10,13H,3,6H2,1-2H3/t8-,10-,13-/m0/s1. The van der Waals surface area contributed by atoms with Crippen LogP contribution in [0.3, 0.4) is 0 Å². The van der Waals surface area contributed by atoms with E-state index in [0.717, 1.165) is 19.2 Å². The van der Waals surface area contributed by atoms with Gasteiger partial charge in [0.25, 0.3) is 0 Å². The lowest BCUT2D eigenvalue weighted by Crippen LogP contribution is -2.32. The zero-order valence-corrected chi connectivity index (χ0v) is 12.8. The van der Waals surface area contributed by atoms with Crippen molar-refractivity contribution in [2.24, 2.45) is 0 Å². The Bertz CT molecular complexity index is 617. The maximum absolute atomic E-state index is 13.8. The predicted octanol–water partition coefficient (Wildman–Crippen LogP) is 3.34. The van der Waals surface area contributed by atoms with Gasteiger partial charge in [-0.15, -0.1) is 0 Å². The smallest absolute Gasteiger partial charge is 0.414 e. The van der Waals surface area contributed by atoms with E-state index in [0.29, 0.717) is 0 Å². The number of halogens is 5. The number of carbonyl (C=O) groups excluding carboxylic acids is 1. The molecule has 1 fully saturated rings. The van der Waals surface area contributed by atoms with Crippen molar-refractivity contribution in [1.82, 2.24) is 0 Å². The summed E-state index contributed by atoms with van der Waals surface area (Å²) in [5, 5.41) is 0. The summed E-state index contributed by atoms with van der Waals surface area (Å²) in [6, 6.07) is 1.84. The van der Waals surface area contributed by atoms with Gasteiger partial charge in [-0.3, -0.25) is 0 Å². The fraction of sp³-hybridized carbons (Fsp3) is 0.533. The van der Waals surface area contributed by atoms with E-state index < -0.39 is 54.1 Å². The summed E-state index contributed by atoms with van der Waals surface area (Å²) in [5.41, 5.74) is -0.0822. The highest BCUT2D eigenvalue weighted by Gasteiger charge is 2.53. The molecule has 0 aliphatic carbocycles. The van der Waals surface area contributed by atoms with E-state index in [4.69, 9.17) is 14.2 Å². The van der Waals surface area contributed by atoms with Crippen molar-refractivity contribution in [2.45, 2.75) is 37.6 Å². The molecule has 1 aromatic rings. The molecule has 0 unspecified atom stereocenters. The topological polar surface area (TPSA) is 44.8 Å². The van der Waals surface area contributed by atoms with Gasteiger partial charge in [-0.1, -0.05) is 6.07 Å². The Hall–Kier alpha value is -1.90. The van der Waals surface area contributed by atoms with Crippen molar-refractivity contribution in [3.8, 4) is 5.75 Å². The van der Waals surface area contributed by atoms with Crippen LogP contribution < -0.4 is 4.74 Å². The second-order valence-electron chi connectivity index (χ2n) is 5.17. The molecule has 0 N–H and O–H groups in total. The SMILES string of the molecule is CCOC(=O)[C@H]1O[C@H](C(F)(F)F)C[C@H]1c1ccc(F)c(F)c1OC. The van der Waals surface area contributed by atoms with Gasteiger partial charge in [0.2, 0.25) is 5.82 Å². The summed E-state index contributed by atoms with van der Waals surface area (Å²) in [7, 11) is 1.05. The largest absolute Gasteiger partial charge is 0.493 e. The monoisotopic (exact) mass is 354 g/mol. The van der Waals surface area contributed by atoms with E-state index in [-0.39, 0.29) is 12.2 Å². The van der Waals surface area contributed by atoms with Crippen LogP contribution in [0.4, 0.5) is 22.0 Å². The van der Waals surface area contributed by atoms with Crippen LogP contribution in [0.2, 0.25) is 0 Å². The van der Waals surface area contributed by atoms with E-state index in [9.17, 15) is 26.7 Å². The number of methoxy groups -OCH3 is 1. The van der Waals surface area contributed by atoms with Crippen LogP contribution >= 0.6 is 0 Å². The molecule has 0 bridgehead atoms. The first-order valence-electron chi connectivity index (χ1n) is 7.11. The molecule has 0 amide bonds. The highest BCUT2D eigenvalue weighted by Crippen LogP contribution is 2.45. The third-order valence-corrected chi connectivity index (χ3v) is 3.71. The van der Waals surface area contributed by atoms with Crippen LogP contribution in [0, 0.1) is 11.6 Å². The summed E-state index contributed by atoms with van der Waals surface area (Å²) in [4.78, 5) is 11.9. The number of ether oxygens (including phenoxy) is 3. The van der Waals surface area contributed by atoms with Crippen molar-refractivity contribution in [2.75, 3.05) is 13.7 Å². The van der Waals surface area contributed by atoms with Crippen LogP contribution in [-0.4, -0.2) is 38.1 Å². The van der Waals surface area contributed by atoms with Crippen LogP contribution in [0.25, 0.3) is 0 Å². The Morgan fingerprint density at radius 3 is 2.54 bits per heavy atom. The van der Waals surface area contributed by atoms with Crippen molar-refractivity contribution in [1.29, 1.82) is 0 Å². The number of rotatable bonds is 4. The Kier molecular flexibility index (Phi) is 5.32. The minimum atomic E-state index is -4.70. The van der Waals surface area contributed by atoms with Crippen LogP contribution in [0.15, 0.2) is 12.1 Å². The molecule has 3 atom stereocenters. The number of carbonyl (C=O) groups is 1. The van der Waals surface area contributed by atoms with Gasteiger partial charge in [0.1, 0.15) is 0 Å². The lowest BCUT2D eigenvalue weighted by atomic mass is 9.89. The summed E-state index contributed by atoms with van der Waals surface area (Å²) < 4.78 is 80.3. The zero-order valence-electron chi connectivity index (χ0n) is 12.8. The van der Waals surface area contributed by atoms with Gasteiger partial charge in [-0.25, -0.2) is 9.18 Å². The lowest BCUT2D eigenvalue weighted by Gasteiger charge is -2.19. The van der Waals surface area contributed by atoms with Crippen LogP contribution in [-0.2, 0) is 14.3 Å². The molecule has 9 heteroatoms. The van der Waals surface area contributed by atoms with Gasteiger partial charge < -0.3 is 14.2 Å². The van der Waals surface area contributed by atoms with E-state index in [1.807, 2.05) is 0 Å². The predicted molar refractivity (Wildman–Crippen MR) is 71.6 cm³/mol. The number of alkyl halides is 3. The Balaban J connectivity index is 2.45. The highest BCUT2D eigenvalue weighted by molar-refractivity contribution is 5.77. The molecule has 0 aromatic heterocycles. The average molecular weight is 354 g/mol. The van der Waals surface area contributed by atoms with Gasteiger partial charge in [0.05, 0.1) is 13.7 Å². The van der Waals surface area contributed by atoms with E-state index in [2.05, 4.69) is 0 Å². The van der Waals surface area contributed by atoms with Crippen molar-refractivity contribution < 1.29 is 41.0 Å². The summed E-state index contributed by atoms with van der Waals surface area (Å²) in [5.74, 6) is -5.29. The first-order chi connectivity index (χ1) is 11.2. The molecule has 1 aliphatic heterocycles. The minimum absolute atomic E-state index is 0.0585. The Labute approximate surface area is 134 Å². The number of hydrogen-bond donors (Lipinski definition) is 0. The molecule has 2 rings (SSSR count). The first kappa shape index (κ1) is 18.4. The summed E-state index contributed by atoms with van der Waals surface area (Å²) >= 11 is 0. The molecule has 1 saturated heterocycles. The molecule has 134 valence electrons. The second kappa shape index (κ2) is 6.92. The quantitative estimate of drug-likeness (QED) is 0.615. The fourth-order valence-electron chi connectivity index (χ4n) is 2.67. The summed E-state index contributed by atoms with van der Waals surface area (Å²) in [6.07, 6.45) is -9.13. The van der Waals surface area contributed by atoms with Gasteiger partial charge >= 0.3 is 12.1 Å². The second-order valence-corrected chi connectivity index (χ2v) is 5.17. The normalized spacial score (nSPS) is 24.0. The van der Waals surface area contributed by atoms with E-state index in [1.54, 1.807) is 0 Å². The lowest BCUT2D eigenvalue weighted by molar-refractivity contribution is -0.217.